The Labute approximate surface area is 132 Å². The third-order valence-corrected chi connectivity index (χ3v) is 4.35. The van der Waals surface area contributed by atoms with Gasteiger partial charge in [-0.05, 0) is 36.1 Å². The van der Waals surface area contributed by atoms with E-state index in [0.717, 1.165) is 28.4 Å². The minimum Gasteiger partial charge on any atom is -0.303 e. The zero-order valence-corrected chi connectivity index (χ0v) is 12.9. The van der Waals surface area contributed by atoms with Crippen LogP contribution in [-0.2, 0) is 0 Å². The van der Waals surface area contributed by atoms with E-state index < -0.39 is 4.92 Å². The van der Waals surface area contributed by atoms with Crippen molar-refractivity contribution in [2.24, 2.45) is 0 Å². The number of benzene rings is 2. The molecule has 2 atom stereocenters. The lowest BCUT2D eigenvalue weighted by molar-refractivity contribution is -0.384. The van der Waals surface area contributed by atoms with Crippen molar-refractivity contribution < 1.29 is 6.34 Å². The van der Waals surface area contributed by atoms with E-state index in [0.29, 0.717) is 0 Å². The highest BCUT2D eigenvalue weighted by Gasteiger charge is 2.26. The lowest BCUT2D eigenvalue weighted by atomic mass is 10.0. The molecule has 2 unspecified atom stereocenters. The average Bonchev–Trinajstić information content (AvgIpc) is 2.90. The summed E-state index contributed by atoms with van der Waals surface area (Å²) in [5, 5.41) is 12.3. The van der Waals surface area contributed by atoms with Crippen LogP contribution in [0.1, 0.15) is 36.1 Å². The van der Waals surface area contributed by atoms with E-state index in [4.69, 9.17) is 1.41 Å². The lowest BCUT2D eigenvalue weighted by Gasteiger charge is -2.15. The molecular formula is C16H15BrN2O2. The summed E-state index contributed by atoms with van der Waals surface area (Å²) < 4.78 is 9.43. The second kappa shape index (κ2) is 5.95. The van der Waals surface area contributed by atoms with Gasteiger partial charge in [0, 0.05) is 28.7 Å². The quantitative estimate of drug-likeness (QED) is 0.655. The number of nitro benzene ring substituents is 1. The summed E-state index contributed by atoms with van der Waals surface area (Å²) in [4.78, 5) is 10.3. The molecule has 1 N–H and O–H groups in total. The van der Waals surface area contributed by atoms with Gasteiger partial charge in [0.25, 0.3) is 5.69 Å². The summed E-state index contributed by atoms with van der Waals surface area (Å²) in [7, 11) is 0. The standard InChI is InChI=1S/C16H15BrN2O2/c17-13-5-1-11(2-6-13)15-9-10-16(18-15)12-3-7-14(8-4-12)19(20)21/h1-8,15-16,18H,9-10H2/i/hD. The monoisotopic (exact) mass is 347 g/mol. The van der Waals surface area contributed by atoms with Gasteiger partial charge in [-0.25, -0.2) is 0 Å². The van der Waals surface area contributed by atoms with Crippen LogP contribution in [0.3, 0.4) is 0 Å². The Morgan fingerprint density at radius 1 is 1.05 bits per heavy atom. The van der Waals surface area contributed by atoms with Crippen LogP contribution in [0, 0.1) is 10.1 Å². The van der Waals surface area contributed by atoms with Crippen molar-refractivity contribution in [1.29, 1.82) is 0 Å². The van der Waals surface area contributed by atoms with Gasteiger partial charge in [-0.1, -0.05) is 40.2 Å². The van der Waals surface area contributed by atoms with Crippen molar-refractivity contribution in [2.45, 2.75) is 24.9 Å². The van der Waals surface area contributed by atoms with Gasteiger partial charge in [-0.2, -0.15) is 0 Å². The molecule has 0 amide bonds. The van der Waals surface area contributed by atoms with Gasteiger partial charge < -0.3 is 5.31 Å². The Kier molecular flexibility index (Phi) is 3.68. The number of nitro groups is 1. The Hall–Kier alpha value is -1.72. The highest BCUT2D eigenvalue weighted by molar-refractivity contribution is 9.10. The first kappa shape index (κ1) is 13.0. The highest BCUT2D eigenvalue weighted by atomic mass is 79.9. The minimum atomic E-state index is -0.401. The average molecular weight is 348 g/mol. The number of nitrogens with one attached hydrogen (secondary N) is 1. The van der Waals surface area contributed by atoms with Gasteiger partial charge in [-0.3, -0.25) is 10.1 Å². The van der Waals surface area contributed by atoms with Crippen molar-refractivity contribution in [3.05, 3.63) is 74.2 Å². The van der Waals surface area contributed by atoms with Crippen molar-refractivity contribution >= 4 is 21.6 Å². The normalized spacial score (nSPS) is 23.0. The number of nitrogens with zero attached hydrogens (tertiary/aromatic N) is 1. The molecule has 5 heteroatoms. The Morgan fingerprint density at radius 2 is 1.52 bits per heavy atom. The second-order valence-electron chi connectivity index (χ2n) is 5.16. The second-order valence-corrected chi connectivity index (χ2v) is 6.07. The predicted octanol–water partition coefficient (Wildman–Crippen LogP) is 4.52. The van der Waals surface area contributed by atoms with Crippen molar-refractivity contribution in [3.8, 4) is 0 Å². The molecule has 1 saturated heterocycles. The molecule has 1 aliphatic heterocycles. The van der Waals surface area contributed by atoms with Crippen LogP contribution in [0.5, 0.6) is 0 Å². The Balaban J connectivity index is 1.79. The van der Waals surface area contributed by atoms with Crippen LogP contribution in [0.15, 0.2) is 53.0 Å². The van der Waals surface area contributed by atoms with E-state index in [2.05, 4.69) is 15.9 Å². The smallest absolute Gasteiger partial charge is 0.269 e. The third-order valence-electron chi connectivity index (χ3n) is 3.82. The molecule has 0 radical (unpaired) electrons. The maximum absolute atomic E-state index is 10.7. The molecule has 0 spiro atoms. The molecule has 2 aromatic rings. The first-order valence-electron chi connectivity index (χ1n) is 7.28. The van der Waals surface area contributed by atoms with E-state index in [-0.39, 0.29) is 17.8 Å². The number of hydrogen-bond acceptors (Lipinski definition) is 3. The van der Waals surface area contributed by atoms with Crippen LogP contribution >= 0.6 is 15.9 Å². The van der Waals surface area contributed by atoms with Gasteiger partial charge in [0.2, 0.25) is 0 Å². The van der Waals surface area contributed by atoms with Crippen LogP contribution in [0.25, 0.3) is 0 Å². The van der Waals surface area contributed by atoms with Gasteiger partial charge in [-0.15, -0.1) is 0 Å². The van der Waals surface area contributed by atoms with Crippen molar-refractivity contribution in [1.82, 2.24) is 5.31 Å². The molecule has 1 fully saturated rings. The molecular weight excluding hydrogens is 332 g/mol. The van der Waals surface area contributed by atoms with E-state index >= 15 is 0 Å². The minimum absolute atomic E-state index is 0.0190. The molecule has 0 aromatic heterocycles. The largest absolute Gasteiger partial charge is 0.303 e. The lowest BCUT2D eigenvalue weighted by Crippen LogP contribution is -2.17. The molecule has 1 heterocycles. The van der Waals surface area contributed by atoms with E-state index in [1.807, 2.05) is 24.3 Å². The summed E-state index contributed by atoms with van der Waals surface area (Å²) in [5.41, 5.74) is 2.17. The van der Waals surface area contributed by atoms with Gasteiger partial charge in [0.05, 0.1) is 4.92 Å². The van der Waals surface area contributed by atoms with Gasteiger partial charge in [0.15, 0.2) is 0 Å². The predicted molar refractivity (Wildman–Crippen MR) is 85.1 cm³/mol. The number of halogens is 1. The van der Waals surface area contributed by atoms with E-state index in [1.165, 1.54) is 12.1 Å². The molecule has 1 aliphatic rings. The SMILES string of the molecule is [2H]N1C(c2ccc(Br)cc2)CCC1c1ccc([N+](=O)[O-])cc1. The topological polar surface area (TPSA) is 55.2 Å². The fraction of sp³-hybridized carbons (Fsp3) is 0.250. The fourth-order valence-electron chi connectivity index (χ4n) is 2.69. The van der Waals surface area contributed by atoms with Crippen LogP contribution in [-0.4, -0.2) is 4.92 Å². The molecule has 0 aliphatic carbocycles. The number of non-ortho nitro benzene ring substituents is 1. The summed E-state index contributed by atoms with van der Waals surface area (Å²) in [5.74, 6) is 0. The first-order valence-corrected chi connectivity index (χ1v) is 7.62. The highest BCUT2D eigenvalue weighted by Crippen LogP contribution is 2.35. The summed E-state index contributed by atoms with van der Waals surface area (Å²) in [6.45, 7) is 0. The molecule has 21 heavy (non-hydrogen) atoms. The molecule has 3 rings (SSSR count). The zero-order valence-electron chi connectivity index (χ0n) is 12.3. The molecule has 2 aromatic carbocycles. The number of hydrogen-bond donors (Lipinski definition) is 1. The molecule has 0 saturated carbocycles. The van der Waals surface area contributed by atoms with Gasteiger partial charge >= 0.3 is 0 Å². The summed E-state index contributed by atoms with van der Waals surface area (Å²) in [6.07, 6.45) is 1.79. The molecule has 108 valence electrons. The van der Waals surface area contributed by atoms with Crippen molar-refractivity contribution in [3.63, 3.8) is 0 Å². The van der Waals surface area contributed by atoms with Crippen LogP contribution in [0.2, 0.25) is 1.41 Å². The first-order chi connectivity index (χ1) is 10.6. The Bertz CT molecular complexity index is 676. The number of rotatable bonds is 3. The van der Waals surface area contributed by atoms with Crippen molar-refractivity contribution in [2.75, 3.05) is 0 Å². The fourth-order valence-corrected chi connectivity index (χ4v) is 2.95. The Morgan fingerprint density at radius 3 is 2.00 bits per heavy atom. The van der Waals surface area contributed by atoms with Crippen LogP contribution in [0.4, 0.5) is 5.69 Å². The van der Waals surface area contributed by atoms with Crippen LogP contribution < -0.4 is 5.31 Å². The summed E-state index contributed by atoms with van der Waals surface area (Å²) >= 11 is 3.42. The van der Waals surface area contributed by atoms with Gasteiger partial charge in [0.1, 0.15) is 1.41 Å². The third kappa shape index (κ3) is 3.14. The summed E-state index contributed by atoms with van der Waals surface area (Å²) in [6, 6.07) is 14.6. The maximum atomic E-state index is 10.7. The zero-order chi connectivity index (χ0) is 15.7. The van der Waals surface area contributed by atoms with E-state index in [9.17, 15) is 10.1 Å². The maximum Gasteiger partial charge on any atom is 0.269 e. The van der Waals surface area contributed by atoms with E-state index in [1.54, 1.807) is 17.4 Å². The molecule has 4 nitrogen and oxygen atoms in total. The molecule has 0 bridgehead atoms.